The van der Waals surface area contributed by atoms with Crippen LogP contribution >= 0.6 is 0 Å². The molecule has 0 bridgehead atoms. The van der Waals surface area contributed by atoms with Gasteiger partial charge in [0, 0.05) is 24.5 Å². The third-order valence-electron chi connectivity index (χ3n) is 3.19. The predicted molar refractivity (Wildman–Crippen MR) is 66.2 cm³/mol. The molecule has 84 valence electrons. The van der Waals surface area contributed by atoms with E-state index in [2.05, 4.69) is 24.0 Å². The van der Waals surface area contributed by atoms with Crippen molar-refractivity contribution in [2.75, 3.05) is 23.7 Å². The molecule has 1 fully saturated rings. The van der Waals surface area contributed by atoms with Crippen molar-refractivity contribution in [1.82, 2.24) is 0 Å². The van der Waals surface area contributed by atoms with Crippen molar-refractivity contribution in [2.45, 2.75) is 19.8 Å². The minimum absolute atomic E-state index is 0.392. The summed E-state index contributed by atoms with van der Waals surface area (Å²) >= 11 is 0. The Labute approximate surface area is 96.5 Å². The Balaban J connectivity index is 2.22. The third-order valence-corrected chi connectivity index (χ3v) is 3.19. The quantitative estimate of drug-likeness (QED) is 0.769. The number of hydrogen-bond donors (Lipinski definition) is 1. The van der Waals surface area contributed by atoms with Gasteiger partial charge in [-0.25, -0.2) is 0 Å². The molecule has 1 aliphatic heterocycles. The lowest BCUT2D eigenvalue weighted by Gasteiger charge is -2.19. The summed E-state index contributed by atoms with van der Waals surface area (Å²) in [5, 5.41) is 8.72. The first-order valence-corrected chi connectivity index (χ1v) is 5.71. The van der Waals surface area contributed by atoms with Crippen LogP contribution in [0.3, 0.4) is 0 Å². The van der Waals surface area contributed by atoms with Gasteiger partial charge in [-0.1, -0.05) is 6.92 Å². The summed E-state index contributed by atoms with van der Waals surface area (Å²) in [6, 6.07) is 8.16. The van der Waals surface area contributed by atoms with Crippen LogP contribution in [0.4, 0.5) is 11.4 Å². The number of nitrogens with zero attached hydrogens (tertiary/aromatic N) is 2. The second-order valence-electron chi connectivity index (χ2n) is 4.56. The highest BCUT2D eigenvalue weighted by atomic mass is 15.1. The molecular weight excluding hydrogens is 198 g/mol. The van der Waals surface area contributed by atoms with Gasteiger partial charge in [0.25, 0.3) is 0 Å². The van der Waals surface area contributed by atoms with Gasteiger partial charge in [0.1, 0.15) is 0 Å². The summed E-state index contributed by atoms with van der Waals surface area (Å²) in [4.78, 5) is 2.37. The monoisotopic (exact) mass is 215 g/mol. The normalized spacial score (nSPS) is 19.8. The molecule has 1 aromatic carbocycles. The first-order chi connectivity index (χ1) is 7.70. The number of nitrogens with two attached hydrogens (primary N) is 1. The van der Waals surface area contributed by atoms with Crippen LogP contribution in [-0.2, 0) is 6.42 Å². The fourth-order valence-corrected chi connectivity index (χ4v) is 2.20. The topological polar surface area (TPSA) is 53.0 Å². The van der Waals surface area contributed by atoms with E-state index in [1.165, 1.54) is 12.1 Å². The maximum Gasteiger partial charge on any atom is 0.0670 e. The Bertz CT molecular complexity index is 420. The van der Waals surface area contributed by atoms with E-state index in [4.69, 9.17) is 11.0 Å². The molecule has 1 aromatic rings. The minimum Gasteiger partial charge on any atom is -0.398 e. The molecule has 0 radical (unpaired) electrons. The fraction of sp³-hybridized carbons (Fsp3) is 0.462. The first-order valence-electron chi connectivity index (χ1n) is 5.71. The first kappa shape index (κ1) is 10.8. The van der Waals surface area contributed by atoms with Crippen molar-refractivity contribution in [1.29, 1.82) is 5.26 Å². The Kier molecular flexibility index (Phi) is 3.00. The second-order valence-corrected chi connectivity index (χ2v) is 4.56. The Hall–Kier alpha value is -1.69. The van der Waals surface area contributed by atoms with E-state index in [-0.39, 0.29) is 0 Å². The molecule has 1 saturated heterocycles. The lowest BCUT2D eigenvalue weighted by Crippen LogP contribution is -2.19. The molecule has 2 rings (SSSR count). The van der Waals surface area contributed by atoms with Crippen molar-refractivity contribution >= 4 is 11.4 Å². The van der Waals surface area contributed by atoms with E-state index in [9.17, 15) is 0 Å². The zero-order chi connectivity index (χ0) is 11.5. The molecule has 0 aliphatic carbocycles. The molecule has 0 aromatic heterocycles. The van der Waals surface area contributed by atoms with E-state index < -0.39 is 0 Å². The van der Waals surface area contributed by atoms with Gasteiger partial charge in [-0.2, -0.15) is 5.26 Å². The summed E-state index contributed by atoms with van der Waals surface area (Å²) in [7, 11) is 0. The van der Waals surface area contributed by atoms with Crippen LogP contribution in [0.2, 0.25) is 0 Å². The van der Waals surface area contributed by atoms with Crippen molar-refractivity contribution in [3.8, 4) is 6.07 Å². The Morgan fingerprint density at radius 3 is 3.00 bits per heavy atom. The van der Waals surface area contributed by atoms with Crippen LogP contribution in [-0.4, -0.2) is 13.1 Å². The number of anilines is 2. The van der Waals surface area contributed by atoms with Crippen molar-refractivity contribution in [3.63, 3.8) is 0 Å². The number of nitrogen functional groups attached to an aromatic ring is 1. The largest absolute Gasteiger partial charge is 0.398 e. The highest BCUT2D eigenvalue weighted by Gasteiger charge is 2.19. The maximum absolute atomic E-state index is 8.72. The van der Waals surface area contributed by atoms with Crippen molar-refractivity contribution < 1.29 is 0 Å². The molecule has 16 heavy (non-hydrogen) atoms. The van der Waals surface area contributed by atoms with Crippen LogP contribution in [0.1, 0.15) is 18.9 Å². The predicted octanol–water partition coefficient (Wildman–Crippen LogP) is 2.18. The van der Waals surface area contributed by atoms with Gasteiger partial charge in [-0.3, -0.25) is 0 Å². The average Bonchev–Trinajstić information content (AvgIpc) is 2.69. The van der Waals surface area contributed by atoms with Gasteiger partial charge in [0.2, 0.25) is 0 Å². The molecule has 0 spiro atoms. The maximum atomic E-state index is 8.72. The molecule has 3 heteroatoms. The third kappa shape index (κ3) is 2.11. The van der Waals surface area contributed by atoms with Crippen molar-refractivity contribution in [3.05, 3.63) is 23.8 Å². The lowest BCUT2D eigenvalue weighted by atomic mass is 10.1. The molecule has 3 nitrogen and oxygen atoms in total. The summed E-state index contributed by atoms with van der Waals surface area (Å²) in [5.74, 6) is 0.761. The van der Waals surface area contributed by atoms with Gasteiger partial charge < -0.3 is 10.6 Å². The summed E-state index contributed by atoms with van der Waals surface area (Å²) in [6.07, 6.45) is 1.64. The van der Waals surface area contributed by atoms with Gasteiger partial charge in [0.05, 0.1) is 12.5 Å². The van der Waals surface area contributed by atoms with Gasteiger partial charge >= 0.3 is 0 Å². The zero-order valence-corrected chi connectivity index (χ0v) is 9.61. The van der Waals surface area contributed by atoms with Crippen LogP contribution in [0.25, 0.3) is 0 Å². The molecule has 1 atom stereocenters. The highest BCUT2D eigenvalue weighted by molar-refractivity contribution is 5.59. The van der Waals surface area contributed by atoms with Crippen LogP contribution in [0.15, 0.2) is 18.2 Å². The number of rotatable bonds is 2. The van der Waals surface area contributed by atoms with E-state index in [0.717, 1.165) is 30.3 Å². The minimum atomic E-state index is 0.392. The zero-order valence-electron chi connectivity index (χ0n) is 9.61. The van der Waals surface area contributed by atoms with Gasteiger partial charge in [-0.05, 0) is 36.1 Å². The fourth-order valence-electron chi connectivity index (χ4n) is 2.20. The van der Waals surface area contributed by atoms with E-state index in [1.54, 1.807) is 0 Å². The number of nitriles is 1. The van der Waals surface area contributed by atoms with Crippen LogP contribution in [0, 0.1) is 17.2 Å². The average molecular weight is 215 g/mol. The van der Waals surface area contributed by atoms with Crippen LogP contribution in [0.5, 0.6) is 0 Å². The smallest absolute Gasteiger partial charge is 0.0670 e. The molecule has 0 amide bonds. The summed E-state index contributed by atoms with van der Waals surface area (Å²) in [5.41, 5.74) is 8.69. The van der Waals surface area contributed by atoms with Gasteiger partial charge in [-0.15, -0.1) is 0 Å². The molecule has 1 unspecified atom stereocenters. The summed E-state index contributed by atoms with van der Waals surface area (Å²) in [6.45, 7) is 4.49. The number of hydrogen-bond acceptors (Lipinski definition) is 3. The SMILES string of the molecule is CC1CCN(c2ccc(N)c(CC#N)c2)C1. The molecule has 1 aliphatic rings. The van der Waals surface area contributed by atoms with E-state index in [0.29, 0.717) is 6.42 Å². The molecule has 1 heterocycles. The summed E-state index contributed by atoms with van der Waals surface area (Å²) < 4.78 is 0. The van der Waals surface area contributed by atoms with Crippen LogP contribution < -0.4 is 10.6 Å². The van der Waals surface area contributed by atoms with E-state index >= 15 is 0 Å². The molecular formula is C13H17N3. The van der Waals surface area contributed by atoms with Crippen molar-refractivity contribution in [2.24, 2.45) is 5.92 Å². The highest BCUT2D eigenvalue weighted by Crippen LogP contribution is 2.26. The standard InChI is InChI=1S/C13H17N3/c1-10-5-7-16(9-10)12-2-3-13(15)11(8-12)4-6-14/h2-3,8,10H,4-5,7,9,15H2,1H3. The molecule has 2 N–H and O–H groups in total. The Morgan fingerprint density at radius 2 is 2.38 bits per heavy atom. The lowest BCUT2D eigenvalue weighted by molar-refractivity contribution is 0.659. The second kappa shape index (κ2) is 4.44. The van der Waals surface area contributed by atoms with E-state index in [1.807, 2.05) is 12.1 Å². The Morgan fingerprint density at radius 1 is 1.56 bits per heavy atom. The van der Waals surface area contributed by atoms with Gasteiger partial charge in [0.15, 0.2) is 0 Å². The molecule has 0 saturated carbocycles. The number of benzene rings is 1.